The van der Waals surface area contributed by atoms with E-state index in [1.54, 1.807) is 4.52 Å². The molecular formula is C17H21N5OS. The Hall–Kier alpha value is -1.96. The highest BCUT2D eigenvalue weighted by Crippen LogP contribution is 2.20. The van der Waals surface area contributed by atoms with Gasteiger partial charge in [-0.25, -0.2) is 9.50 Å². The van der Waals surface area contributed by atoms with Gasteiger partial charge in [0.2, 0.25) is 10.1 Å². The van der Waals surface area contributed by atoms with Crippen molar-refractivity contribution < 1.29 is 5.11 Å². The van der Waals surface area contributed by atoms with E-state index in [0.717, 1.165) is 35.3 Å². The third kappa shape index (κ3) is 3.28. The fraction of sp³-hybridized carbons (Fsp3) is 0.412. The highest BCUT2D eigenvalue weighted by molar-refractivity contribution is 7.20. The molecule has 0 radical (unpaired) electrons. The zero-order valence-corrected chi connectivity index (χ0v) is 14.5. The first-order chi connectivity index (χ1) is 11.7. The third-order valence-electron chi connectivity index (χ3n) is 4.33. The van der Waals surface area contributed by atoms with Crippen molar-refractivity contribution in [2.24, 2.45) is 0 Å². The van der Waals surface area contributed by atoms with Gasteiger partial charge in [0.25, 0.3) is 0 Å². The Balaban J connectivity index is 1.30. The van der Waals surface area contributed by atoms with Gasteiger partial charge in [0.15, 0.2) is 0 Å². The summed E-state index contributed by atoms with van der Waals surface area (Å²) in [5.41, 5.74) is 3.77. The second-order valence-corrected chi connectivity index (χ2v) is 7.26. The van der Waals surface area contributed by atoms with Gasteiger partial charge in [0.1, 0.15) is 0 Å². The lowest BCUT2D eigenvalue weighted by Crippen LogP contribution is -2.39. The van der Waals surface area contributed by atoms with Crippen LogP contribution in [0.3, 0.4) is 0 Å². The van der Waals surface area contributed by atoms with Crippen LogP contribution >= 0.6 is 11.3 Å². The fourth-order valence-electron chi connectivity index (χ4n) is 3.16. The molecular weight excluding hydrogens is 322 g/mol. The molecule has 7 heteroatoms. The van der Waals surface area contributed by atoms with Crippen LogP contribution in [0.4, 0.5) is 5.13 Å². The number of hydrogen-bond donors (Lipinski definition) is 2. The molecule has 2 aromatic heterocycles. The average molecular weight is 343 g/mol. The van der Waals surface area contributed by atoms with Gasteiger partial charge in [-0.05, 0) is 24.5 Å². The van der Waals surface area contributed by atoms with E-state index < -0.39 is 6.10 Å². The van der Waals surface area contributed by atoms with Crippen LogP contribution in [0.5, 0.6) is 0 Å². The molecule has 0 amide bonds. The second-order valence-electron chi connectivity index (χ2n) is 6.31. The monoisotopic (exact) mass is 343 g/mol. The van der Waals surface area contributed by atoms with Crippen molar-refractivity contribution in [1.82, 2.24) is 19.5 Å². The molecule has 0 spiro atoms. The van der Waals surface area contributed by atoms with E-state index in [1.165, 1.54) is 22.5 Å². The summed E-state index contributed by atoms with van der Waals surface area (Å²) >= 11 is 1.50. The molecule has 0 saturated heterocycles. The molecule has 1 unspecified atom stereocenters. The van der Waals surface area contributed by atoms with Crippen molar-refractivity contribution in [2.45, 2.75) is 26.0 Å². The number of anilines is 1. The van der Waals surface area contributed by atoms with E-state index in [0.29, 0.717) is 13.1 Å². The smallest absolute Gasteiger partial charge is 0.214 e. The Labute approximate surface area is 144 Å². The van der Waals surface area contributed by atoms with Crippen molar-refractivity contribution >= 4 is 21.4 Å². The number of rotatable bonds is 5. The number of hydrogen-bond acceptors (Lipinski definition) is 6. The van der Waals surface area contributed by atoms with Gasteiger partial charge in [-0.15, -0.1) is 5.10 Å². The molecule has 24 heavy (non-hydrogen) atoms. The number of β-amino-alcohol motifs (C(OH)–C–C–N with tert-alkyl or cyclic N) is 1. The largest absolute Gasteiger partial charge is 0.390 e. The standard InChI is InChI=1S/C17H21N5OS/c1-12-9-22-17(19-12)24-16(20-22)18-8-15(23)11-21-7-6-13-4-2-3-5-14(13)10-21/h2-5,9,15,23H,6-8,10-11H2,1H3,(H,18,20). The van der Waals surface area contributed by atoms with Crippen LogP contribution in [0.25, 0.3) is 4.96 Å². The van der Waals surface area contributed by atoms with E-state index in [1.807, 2.05) is 13.1 Å². The first-order valence-corrected chi connectivity index (χ1v) is 9.03. The van der Waals surface area contributed by atoms with E-state index in [9.17, 15) is 5.11 Å². The molecule has 1 aliphatic rings. The van der Waals surface area contributed by atoms with Gasteiger partial charge < -0.3 is 10.4 Å². The number of aromatic nitrogens is 3. The van der Waals surface area contributed by atoms with Gasteiger partial charge in [-0.2, -0.15) is 0 Å². The van der Waals surface area contributed by atoms with Crippen molar-refractivity contribution in [1.29, 1.82) is 0 Å². The number of fused-ring (bicyclic) bond motifs is 2. The van der Waals surface area contributed by atoms with Crippen LogP contribution in [0.1, 0.15) is 16.8 Å². The summed E-state index contributed by atoms with van der Waals surface area (Å²) in [6.07, 6.45) is 2.53. The lowest BCUT2D eigenvalue weighted by Gasteiger charge is -2.30. The summed E-state index contributed by atoms with van der Waals surface area (Å²) in [4.78, 5) is 7.57. The number of nitrogens with one attached hydrogen (secondary N) is 1. The minimum atomic E-state index is -0.423. The molecule has 6 nitrogen and oxygen atoms in total. The minimum absolute atomic E-state index is 0.423. The van der Waals surface area contributed by atoms with Crippen LogP contribution in [0.15, 0.2) is 30.5 Å². The Morgan fingerprint density at radius 2 is 2.17 bits per heavy atom. The maximum absolute atomic E-state index is 10.3. The Morgan fingerprint density at radius 3 is 3.00 bits per heavy atom. The maximum atomic E-state index is 10.3. The van der Waals surface area contributed by atoms with Crippen molar-refractivity contribution in [3.8, 4) is 0 Å². The number of aryl methyl sites for hydroxylation is 1. The number of aliphatic hydroxyl groups is 1. The molecule has 1 aromatic carbocycles. The first-order valence-electron chi connectivity index (χ1n) is 8.21. The molecule has 4 rings (SSSR count). The third-order valence-corrected chi connectivity index (χ3v) is 5.21. The molecule has 1 aliphatic heterocycles. The molecule has 0 fully saturated rings. The van der Waals surface area contributed by atoms with Crippen LogP contribution in [-0.4, -0.2) is 50.3 Å². The fourth-order valence-corrected chi connectivity index (χ4v) is 3.99. The number of benzene rings is 1. The van der Waals surface area contributed by atoms with Gasteiger partial charge in [-0.3, -0.25) is 4.90 Å². The lowest BCUT2D eigenvalue weighted by atomic mass is 10.00. The summed E-state index contributed by atoms with van der Waals surface area (Å²) in [7, 11) is 0. The number of nitrogens with zero attached hydrogens (tertiary/aromatic N) is 4. The normalized spacial score (nSPS) is 16.2. The van der Waals surface area contributed by atoms with Gasteiger partial charge >= 0.3 is 0 Å². The molecule has 126 valence electrons. The predicted octanol–water partition coefficient (Wildman–Crippen LogP) is 1.93. The zero-order chi connectivity index (χ0) is 16.5. The number of imidazole rings is 1. The molecule has 1 atom stereocenters. The molecule has 2 N–H and O–H groups in total. The molecule has 0 saturated carbocycles. The highest BCUT2D eigenvalue weighted by atomic mass is 32.1. The summed E-state index contributed by atoms with van der Waals surface area (Å²) < 4.78 is 1.77. The van der Waals surface area contributed by atoms with Crippen molar-refractivity contribution in [2.75, 3.05) is 25.0 Å². The summed E-state index contributed by atoms with van der Waals surface area (Å²) in [5.74, 6) is 0. The minimum Gasteiger partial charge on any atom is -0.390 e. The Bertz CT molecular complexity index is 811. The maximum Gasteiger partial charge on any atom is 0.214 e. The SMILES string of the molecule is Cc1cn2nc(NCC(O)CN3CCc4ccccc4C3)sc2n1. The average Bonchev–Trinajstić information content (AvgIpc) is 3.09. The van der Waals surface area contributed by atoms with Gasteiger partial charge in [-0.1, -0.05) is 35.6 Å². The zero-order valence-electron chi connectivity index (χ0n) is 13.6. The van der Waals surface area contributed by atoms with Crippen LogP contribution in [0.2, 0.25) is 0 Å². The van der Waals surface area contributed by atoms with Crippen LogP contribution in [0, 0.1) is 6.92 Å². The van der Waals surface area contributed by atoms with Crippen LogP contribution < -0.4 is 5.32 Å². The Kier molecular flexibility index (Phi) is 4.22. The molecule has 3 aromatic rings. The van der Waals surface area contributed by atoms with Gasteiger partial charge in [0, 0.05) is 26.2 Å². The number of aliphatic hydroxyl groups excluding tert-OH is 1. The summed E-state index contributed by atoms with van der Waals surface area (Å²) in [5, 5.41) is 18.8. The van der Waals surface area contributed by atoms with Crippen LogP contribution in [-0.2, 0) is 13.0 Å². The van der Waals surface area contributed by atoms with E-state index in [-0.39, 0.29) is 0 Å². The molecule has 0 bridgehead atoms. The Morgan fingerprint density at radius 1 is 1.33 bits per heavy atom. The van der Waals surface area contributed by atoms with E-state index in [4.69, 9.17) is 0 Å². The molecule has 0 aliphatic carbocycles. The predicted molar refractivity (Wildman–Crippen MR) is 95.5 cm³/mol. The second kappa shape index (κ2) is 6.51. The van der Waals surface area contributed by atoms with Crippen molar-refractivity contribution in [3.63, 3.8) is 0 Å². The lowest BCUT2D eigenvalue weighted by molar-refractivity contribution is 0.114. The van der Waals surface area contributed by atoms with E-state index >= 15 is 0 Å². The summed E-state index contributed by atoms with van der Waals surface area (Å²) in [6, 6.07) is 8.56. The quantitative estimate of drug-likeness (QED) is 0.741. The summed E-state index contributed by atoms with van der Waals surface area (Å²) in [6.45, 7) is 5.03. The molecule has 3 heterocycles. The van der Waals surface area contributed by atoms with Gasteiger partial charge in [0.05, 0.1) is 18.0 Å². The first kappa shape index (κ1) is 15.6. The highest BCUT2D eigenvalue weighted by Gasteiger charge is 2.18. The topological polar surface area (TPSA) is 65.7 Å². The van der Waals surface area contributed by atoms with Crippen molar-refractivity contribution in [3.05, 3.63) is 47.3 Å². The van der Waals surface area contributed by atoms with E-state index in [2.05, 4.69) is 44.6 Å².